The van der Waals surface area contributed by atoms with Crippen LogP contribution in [0, 0.1) is 18.8 Å². The topological polar surface area (TPSA) is 135 Å². The maximum atomic E-state index is 15.1. The minimum absolute atomic E-state index is 0.0475. The molecule has 13 heteroatoms. The summed E-state index contributed by atoms with van der Waals surface area (Å²) in [6.07, 6.45) is 5.24. The van der Waals surface area contributed by atoms with Crippen LogP contribution in [0.3, 0.4) is 0 Å². The number of esters is 1. The van der Waals surface area contributed by atoms with Crippen LogP contribution < -0.4 is 10.2 Å². The van der Waals surface area contributed by atoms with Gasteiger partial charge < -0.3 is 34.4 Å². The molecule has 2 aromatic carbocycles. The first-order valence-corrected chi connectivity index (χ1v) is 19.9. The maximum Gasteiger partial charge on any atom is 0.313 e. The van der Waals surface area contributed by atoms with Gasteiger partial charge in [-0.05, 0) is 49.8 Å². The van der Waals surface area contributed by atoms with Crippen molar-refractivity contribution >= 4 is 56.9 Å². The van der Waals surface area contributed by atoms with Crippen LogP contribution in [0.25, 0.3) is 0 Å². The van der Waals surface area contributed by atoms with Gasteiger partial charge in [0.05, 0.1) is 41.3 Å². The molecule has 0 radical (unpaired) electrons. The van der Waals surface area contributed by atoms with E-state index in [2.05, 4.69) is 34.4 Å². The highest BCUT2D eigenvalue weighted by Gasteiger charge is 2.77. The number of carbonyl (C=O) groups is 4. The molecule has 2 aromatic rings. The molecule has 0 aromatic heterocycles. The van der Waals surface area contributed by atoms with Crippen LogP contribution in [-0.2, 0) is 33.4 Å². The lowest BCUT2D eigenvalue weighted by atomic mass is 9.70. The predicted octanol–water partition coefficient (Wildman–Crippen LogP) is 5.85. The Labute approximate surface area is 331 Å². The van der Waals surface area contributed by atoms with Crippen molar-refractivity contribution in [3.05, 3.63) is 90.0 Å². The molecular formula is C41H51BrClN3O8. The lowest BCUT2D eigenvalue weighted by molar-refractivity contribution is -0.163. The minimum Gasteiger partial charge on any atom is -0.455 e. The van der Waals surface area contributed by atoms with Crippen LogP contribution in [0.4, 0.5) is 5.69 Å². The number of methoxy groups -OCH3 is 1. The summed E-state index contributed by atoms with van der Waals surface area (Å²) < 4.78 is 18.6. The van der Waals surface area contributed by atoms with E-state index < -0.39 is 47.7 Å². The zero-order valence-electron chi connectivity index (χ0n) is 31.0. The molecule has 54 heavy (non-hydrogen) atoms. The molecule has 0 aliphatic carbocycles. The molecule has 11 nitrogen and oxygen atoms in total. The molecule has 2 N–H and O–H groups in total. The first kappa shape index (κ1) is 41.6. The average molecular weight is 829 g/mol. The predicted molar refractivity (Wildman–Crippen MR) is 210 cm³/mol. The number of ether oxygens (including phenoxy) is 3. The van der Waals surface area contributed by atoms with E-state index in [0.29, 0.717) is 42.0 Å². The van der Waals surface area contributed by atoms with E-state index in [1.54, 1.807) is 40.2 Å². The third-order valence-electron chi connectivity index (χ3n) is 10.6. The van der Waals surface area contributed by atoms with Gasteiger partial charge in [-0.15, -0.1) is 13.2 Å². The van der Waals surface area contributed by atoms with E-state index in [4.69, 9.17) is 25.8 Å². The highest BCUT2D eigenvalue weighted by Crippen LogP contribution is 2.60. The Morgan fingerprint density at radius 3 is 2.54 bits per heavy atom. The number of carbonyl (C=O) groups excluding carboxylic acids is 4. The summed E-state index contributed by atoms with van der Waals surface area (Å²) in [7, 11) is 1.50. The number of benzene rings is 2. The van der Waals surface area contributed by atoms with E-state index in [9.17, 15) is 19.5 Å². The van der Waals surface area contributed by atoms with Crippen molar-refractivity contribution in [2.45, 2.75) is 86.6 Å². The normalized spacial score (nSPS) is 25.2. The Morgan fingerprint density at radius 2 is 1.87 bits per heavy atom. The van der Waals surface area contributed by atoms with Gasteiger partial charge in [0, 0.05) is 38.1 Å². The van der Waals surface area contributed by atoms with E-state index >= 15 is 4.79 Å². The fourth-order valence-electron chi connectivity index (χ4n) is 8.32. The van der Waals surface area contributed by atoms with Gasteiger partial charge in [0.25, 0.3) is 5.91 Å². The van der Waals surface area contributed by atoms with Gasteiger partial charge in [0.2, 0.25) is 11.8 Å². The highest BCUT2D eigenvalue weighted by molar-refractivity contribution is 9.09. The van der Waals surface area contributed by atoms with Crippen molar-refractivity contribution in [3.63, 3.8) is 0 Å². The second-order valence-electron chi connectivity index (χ2n) is 14.2. The summed E-state index contributed by atoms with van der Waals surface area (Å²) >= 11 is 10.5. The summed E-state index contributed by atoms with van der Waals surface area (Å²) in [4.78, 5) is 60.2. The van der Waals surface area contributed by atoms with Crippen LogP contribution in [0.5, 0.6) is 0 Å². The lowest BCUT2D eigenvalue weighted by Crippen LogP contribution is -2.57. The van der Waals surface area contributed by atoms with Gasteiger partial charge in [0.15, 0.2) is 0 Å². The number of aryl methyl sites for hydroxylation is 1. The average Bonchev–Trinajstić information content (AvgIpc) is 3.75. The summed E-state index contributed by atoms with van der Waals surface area (Å²) in [5.41, 5.74) is 0.584. The summed E-state index contributed by atoms with van der Waals surface area (Å²) in [5, 5.41) is 12.7. The lowest BCUT2D eigenvalue weighted by Gasteiger charge is -2.37. The third-order valence-corrected chi connectivity index (χ3v) is 11.8. The highest BCUT2D eigenvalue weighted by atomic mass is 79.9. The number of hydrogen-bond acceptors (Lipinski definition) is 8. The number of aliphatic hydroxyl groups excluding tert-OH is 1. The summed E-state index contributed by atoms with van der Waals surface area (Å²) in [5.74, 6) is -3.71. The number of rotatable bonds is 20. The number of nitrogens with zero attached hydrogens (tertiary/aromatic N) is 2. The molecule has 3 saturated heterocycles. The number of allylic oxidation sites excluding steroid dienone is 1. The Hall–Kier alpha value is -3.55. The van der Waals surface area contributed by atoms with Crippen molar-refractivity contribution in [3.8, 4) is 0 Å². The molecule has 2 bridgehead atoms. The van der Waals surface area contributed by atoms with Gasteiger partial charge in [0.1, 0.15) is 17.7 Å². The zero-order valence-corrected chi connectivity index (χ0v) is 33.3. The minimum atomic E-state index is -1.34. The van der Waals surface area contributed by atoms with Gasteiger partial charge in [-0.25, -0.2) is 0 Å². The maximum absolute atomic E-state index is 15.1. The molecule has 3 heterocycles. The number of unbranched alkanes of at least 4 members (excludes halogenated alkanes) is 3. The Kier molecular flexibility index (Phi) is 14.5. The Morgan fingerprint density at radius 1 is 1.13 bits per heavy atom. The van der Waals surface area contributed by atoms with Gasteiger partial charge in [-0.2, -0.15) is 0 Å². The molecule has 292 valence electrons. The van der Waals surface area contributed by atoms with Crippen LogP contribution in [0.2, 0.25) is 5.02 Å². The number of para-hydroxylation sites is 1. The number of fused-ring (bicyclic) bond motifs is 1. The number of amides is 3. The molecule has 3 aliphatic heterocycles. The largest absolute Gasteiger partial charge is 0.455 e. The number of likely N-dealkylation sites (tertiary alicyclic amines) is 1. The molecular weight excluding hydrogens is 778 g/mol. The van der Waals surface area contributed by atoms with Crippen molar-refractivity contribution in [2.75, 3.05) is 38.3 Å². The van der Waals surface area contributed by atoms with Crippen molar-refractivity contribution in [1.29, 1.82) is 0 Å². The van der Waals surface area contributed by atoms with E-state index in [0.717, 1.165) is 18.4 Å². The Balaban J connectivity index is 1.53. The van der Waals surface area contributed by atoms with Gasteiger partial charge >= 0.3 is 5.97 Å². The fourth-order valence-corrected chi connectivity index (χ4v) is 9.59. The third kappa shape index (κ3) is 8.48. The fraction of sp³-hybridized carbons (Fsp3) is 0.512. The first-order chi connectivity index (χ1) is 26.0. The first-order valence-electron chi connectivity index (χ1n) is 18.6. The van der Waals surface area contributed by atoms with Crippen LogP contribution in [-0.4, -0.2) is 95.7 Å². The summed E-state index contributed by atoms with van der Waals surface area (Å²) in [6.45, 7) is 9.97. The van der Waals surface area contributed by atoms with E-state index in [1.165, 1.54) is 7.11 Å². The Bertz CT molecular complexity index is 1660. The molecule has 8 atom stereocenters. The van der Waals surface area contributed by atoms with Gasteiger partial charge in [-0.1, -0.05) is 95.0 Å². The molecule has 3 fully saturated rings. The quantitative estimate of drug-likeness (QED) is 0.0736. The van der Waals surface area contributed by atoms with Crippen molar-refractivity contribution in [1.82, 2.24) is 10.2 Å². The SMILES string of the molecule is C=CCCC(=O)N[C@@H](COC)[C@@H](OC(=O)[C@@H]1[C@H]2O[C@@]3(CC2Br)[C@H](C(=O)N(CC=C)c2c(C)cccc2Cl)N(CCCCCCO)C(=O)[C@@H]13)c1ccccc1. The molecule has 5 rings (SSSR count). The zero-order chi connectivity index (χ0) is 39.0. The number of alkyl halides is 1. The second-order valence-corrected chi connectivity index (χ2v) is 15.8. The molecule has 1 unspecified atom stereocenters. The second kappa shape index (κ2) is 18.9. The van der Waals surface area contributed by atoms with Crippen molar-refractivity contribution < 1.29 is 38.5 Å². The molecule has 3 amide bonds. The van der Waals surface area contributed by atoms with E-state index in [1.807, 2.05) is 37.3 Å². The number of halogens is 2. The molecule has 3 aliphatic rings. The summed E-state index contributed by atoms with van der Waals surface area (Å²) in [6, 6.07) is 12.7. The molecule has 0 saturated carbocycles. The molecule has 1 spiro atoms. The number of anilines is 1. The van der Waals surface area contributed by atoms with Gasteiger partial charge in [-0.3, -0.25) is 19.2 Å². The number of aliphatic hydroxyl groups is 1. The number of hydrogen-bond donors (Lipinski definition) is 2. The monoisotopic (exact) mass is 827 g/mol. The standard InChI is InChI=1S/C41H51BrClN3O8/c1-5-7-20-31(48)44-30(25-52-4)35(27-17-11-10-12-18-27)53-40(51)32-33-38(49)46(22-13-8-9-14-23-47)37(41(33)24-28(42)36(32)54-41)39(50)45(21-6-2)34-26(3)16-15-19-29(34)43/h5-6,10-12,15-19,28,30,32-33,35-37,47H,1-2,7-9,13-14,20-25H2,3-4H3,(H,44,48)/t28?,30-,32-,33+,35-,36-,37-,41+/m0/s1. The van der Waals surface area contributed by atoms with Crippen LogP contribution >= 0.6 is 27.5 Å². The number of nitrogens with one attached hydrogen (secondary N) is 1. The smallest absolute Gasteiger partial charge is 0.313 e. The van der Waals surface area contributed by atoms with Crippen LogP contribution in [0.1, 0.15) is 62.2 Å². The van der Waals surface area contributed by atoms with Crippen LogP contribution in [0.15, 0.2) is 73.8 Å². The van der Waals surface area contributed by atoms with Crippen molar-refractivity contribution in [2.24, 2.45) is 11.8 Å². The van der Waals surface area contributed by atoms with E-state index in [-0.39, 0.29) is 55.3 Å².